The number of nitrogens with zero attached hydrogens (tertiary/aromatic N) is 2. The lowest BCUT2D eigenvalue weighted by molar-refractivity contribution is 0.0500. The topological polar surface area (TPSA) is 71.5 Å². The molecule has 0 bridgehead atoms. The maximum absolute atomic E-state index is 12.2. The van der Waals surface area contributed by atoms with Crippen molar-refractivity contribution in [3.63, 3.8) is 0 Å². The fraction of sp³-hybridized carbons (Fsp3) is 0.316. The first-order valence-corrected chi connectivity index (χ1v) is 8.29. The highest BCUT2D eigenvalue weighted by Crippen LogP contribution is 2.12. The van der Waals surface area contributed by atoms with Gasteiger partial charge in [-0.2, -0.15) is 0 Å². The molecule has 0 atom stereocenters. The second-order valence-electron chi connectivity index (χ2n) is 5.67. The standard InChI is InChI=1S/C19H23N3O3/c1-3-4-13-25-18(23)15-8-10-16(11-9-15)21-19(24)22(2)14-17-7-5-6-12-20-17/h5-12H,3-4,13-14H2,1-2H3,(H,21,24). The van der Waals surface area contributed by atoms with Crippen LogP contribution in [0.4, 0.5) is 10.5 Å². The van der Waals surface area contributed by atoms with Gasteiger partial charge in [0.25, 0.3) is 0 Å². The molecule has 0 aliphatic carbocycles. The zero-order chi connectivity index (χ0) is 18.1. The minimum atomic E-state index is -0.349. The molecule has 132 valence electrons. The van der Waals surface area contributed by atoms with E-state index >= 15 is 0 Å². The molecule has 0 fully saturated rings. The molecule has 6 heteroatoms. The fourth-order valence-corrected chi connectivity index (χ4v) is 2.11. The summed E-state index contributed by atoms with van der Waals surface area (Å²) in [4.78, 5) is 29.8. The van der Waals surface area contributed by atoms with Crippen LogP contribution < -0.4 is 5.32 Å². The third-order valence-corrected chi connectivity index (χ3v) is 3.57. The van der Waals surface area contributed by atoms with Crippen LogP contribution in [0.1, 0.15) is 35.8 Å². The molecule has 0 unspecified atom stereocenters. The highest BCUT2D eigenvalue weighted by atomic mass is 16.5. The van der Waals surface area contributed by atoms with Gasteiger partial charge in [-0.1, -0.05) is 19.4 Å². The molecule has 0 aliphatic rings. The number of unbranched alkanes of at least 4 members (excludes halogenated alkanes) is 1. The molecule has 2 aromatic rings. The lowest BCUT2D eigenvalue weighted by Crippen LogP contribution is -2.31. The molecule has 1 aromatic carbocycles. The third-order valence-electron chi connectivity index (χ3n) is 3.57. The molecule has 1 heterocycles. The highest BCUT2D eigenvalue weighted by molar-refractivity contribution is 5.92. The van der Waals surface area contributed by atoms with Crippen LogP contribution in [-0.4, -0.2) is 35.5 Å². The molecule has 0 saturated heterocycles. The Bertz CT molecular complexity index is 687. The Morgan fingerprint density at radius 3 is 2.56 bits per heavy atom. The molecule has 2 rings (SSSR count). The second-order valence-corrected chi connectivity index (χ2v) is 5.67. The number of anilines is 1. The molecule has 25 heavy (non-hydrogen) atoms. The SMILES string of the molecule is CCCCOC(=O)c1ccc(NC(=O)N(C)Cc2ccccn2)cc1. The summed E-state index contributed by atoms with van der Waals surface area (Å²) in [6.45, 7) is 2.87. The predicted octanol–water partition coefficient (Wildman–Crippen LogP) is 3.70. The first kappa shape index (κ1) is 18.4. The molecule has 1 N–H and O–H groups in total. The van der Waals surface area contributed by atoms with Gasteiger partial charge in [-0.25, -0.2) is 9.59 Å². The Labute approximate surface area is 147 Å². The van der Waals surface area contributed by atoms with Gasteiger partial charge in [0.15, 0.2) is 0 Å². The van der Waals surface area contributed by atoms with Crippen molar-refractivity contribution >= 4 is 17.7 Å². The normalized spacial score (nSPS) is 10.2. The minimum Gasteiger partial charge on any atom is -0.462 e. The number of benzene rings is 1. The van der Waals surface area contributed by atoms with Crippen molar-refractivity contribution in [2.24, 2.45) is 0 Å². The minimum absolute atomic E-state index is 0.246. The van der Waals surface area contributed by atoms with E-state index in [9.17, 15) is 9.59 Å². The number of hydrogen-bond acceptors (Lipinski definition) is 4. The summed E-state index contributed by atoms with van der Waals surface area (Å²) in [6.07, 6.45) is 3.52. The number of urea groups is 1. The first-order chi connectivity index (χ1) is 12.1. The molecule has 0 saturated carbocycles. The van der Waals surface area contributed by atoms with Gasteiger partial charge in [0.2, 0.25) is 0 Å². The van der Waals surface area contributed by atoms with E-state index in [0.29, 0.717) is 24.4 Å². The Morgan fingerprint density at radius 2 is 1.92 bits per heavy atom. The van der Waals surface area contributed by atoms with Crippen LogP contribution >= 0.6 is 0 Å². The van der Waals surface area contributed by atoms with Crippen molar-refractivity contribution in [3.8, 4) is 0 Å². The maximum atomic E-state index is 12.2. The fourth-order valence-electron chi connectivity index (χ4n) is 2.11. The van der Waals surface area contributed by atoms with Crippen molar-refractivity contribution in [2.45, 2.75) is 26.3 Å². The number of pyridine rings is 1. The van der Waals surface area contributed by atoms with E-state index in [1.54, 1.807) is 37.5 Å². The summed E-state index contributed by atoms with van der Waals surface area (Å²) < 4.78 is 5.15. The largest absolute Gasteiger partial charge is 0.462 e. The van der Waals surface area contributed by atoms with Crippen LogP contribution in [-0.2, 0) is 11.3 Å². The van der Waals surface area contributed by atoms with Crippen LogP contribution in [0, 0.1) is 0 Å². The van der Waals surface area contributed by atoms with Gasteiger partial charge in [0.05, 0.1) is 24.4 Å². The Hall–Kier alpha value is -2.89. The average molecular weight is 341 g/mol. The van der Waals surface area contributed by atoms with Crippen molar-refractivity contribution in [1.29, 1.82) is 0 Å². The number of esters is 1. The summed E-state index contributed by atoms with van der Waals surface area (Å²) in [5, 5.41) is 2.79. The van der Waals surface area contributed by atoms with Gasteiger partial charge >= 0.3 is 12.0 Å². The number of rotatable bonds is 7. The van der Waals surface area contributed by atoms with Gasteiger partial charge in [-0.05, 0) is 42.8 Å². The van der Waals surface area contributed by atoms with E-state index in [4.69, 9.17) is 4.74 Å². The maximum Gasteiger partial charge on any atom is 0.338 e. The van der Waals surface area contributed by atoms with Crippen LogP contribution in [0.3, 0.4) is 0 Å². The highest BCUT2D eigenvalue weighted by Gasteiger charge is 2.11. The summed E-state index contributed by atoms with van der Waals surface area (Å²) in [5.74, 6) is -0.349. The Morgan fingerprint density at radius 1 is 1.16 bits per heavy atom. The second kappa shape index (κ2) is 9.42. The van der Waals surface area contributed by atoms with E-state index < -0.39 is 0 Å². The van der Waals surface area contributed by atoms with E-state index in [2.05, 4.69) is 10.3 Å². The third kappa shape index (κ3) is 5.91. The van der Waals surface area contributed by atoms with Crippen LogP contribution in [0.2, 0.25) is 0 Å². The van der Waals surface area contributed by atoms with E-state index in [0.717, 1.165) is 18.5 Å². The predicted molar refractivity (Wildman–Crippen MR) is 96.4 cm³/mol. The lowest BCUT2D eigenvalue weighted by atomic mass is 10.2. The van der Waals surface area contributed by atoms with Gasteiger partial charge in [-0.15, -0.1) is 0 Å². The van der Waals surface area contributed by atoms with Gasteiger partial charge in [-0.3, -0.25) is 4.98 Å². The summed E-state index contributed by atoms with van der Waals surface area (Å²) in [5.41, 5.74) is 1.89. The van der Waals surface area contributed by atoms with Gasteiger partial charge in [0, 0.05) is 18.9 Å². The molecule has 0 aliphatic heterocycles. The summed E-state index contributed by atoms with van der Waals surface area (Å²) >= 11 is 0. The number of amides is 2. The van der Waals surface area contributed by atoms with E-state index in [-0.39, 0.29) is 12.0 Å². The molecule has 0 radical (unpaired) electrons. The zero-order valence-corrected chi connectivity index (χ0v) is 14.6. The number of nitrogens with one attached hydrogen (secondary N) is 1. The zero-order valence-electron chi connectivity index (χ0n) is 14.6. The molecule has 1 aromatic heterocycles. The molecule has 0 spiro atoms. The van der Waals surface area contributed by atoms with Crippen molar-refractivity contribution < 1.29 is 14.3 Å². The lowest BCUT2D eigenvalue weighted by Gasteiger charge is -2.17. The Balaban J connectivity index is 1.87. The smallest absolute Gasteiger partial charge is 0.338 e. The average Bonchev–Trinajstić information content (AvgIpc) is 2.63. The molecule has 2 amide bonds. The van der Waals surface area contributed by atoms with Gasteiger partial charge in [0.1, 0.15) is 0 Å². The van der Waals surface area contributed by atoms with Crippen LogP contribution in [0.5, 0.6) is 0 Å². The number of carbonyl (C=O) groups excluding carboxylic acids is 2. The molecular weight excluding hydrogens is 318 g/mol. The Kier molecular flexibility index (Phi) is 6.95. The van der Waals surface area contributed by atoms with Crippen molar-refractivity contribution in [3.05, 3.63) is 59.9 Å². The number of carbonyl (C=O) groups is 2. The molecular formula is C19H23N3O3. The molecule has 6 nitrogen and oxygen atoms in total. The summed E-state index contributed by atoms with van der Waals surface area (Å²) in [6, 6.07) is 12.0. The van der Waals surface area contributed by atoms with Crippen molar-refractivity contribution in [1.82, 2.24) is 9.88 Å². The van der Waals surface area contributed by atoms with Crippen molar-refractivity contribution in [2.75, 3.05) is 19.0 Å². The van der Waals surface area contributed by atoms with Crippen LogP contribution in [0.15, 0.2) is 48.7 Å². The van der Waals surface area contributed by atoms with Gasteiger partial charge < -0.3 is 15.0 Å². The monoisotopic (exact) mass is 341 g/mol. The van der Waals surface area contributed by atoms with E-state index in [1.807, 2.05) is 25.1 Å². The number of hydrogen-bond donors (Lipinski definition) is 1. The number of aromatic nitrogens is 1. The summed E-state index contributed by atoms with van der Waals surface area (Å²) in [7, 11) is 1.70. The number of ether oxygens (including phenoxy) is 1. The quantitative estimate of drug-likeness (QED) is 0.616. The van der Waals surface area contributed by atoms with Crippen LogP contribution in [0.25, 0.3) is 0 Å². The first-order valence-electron chi connectivity index (χ1n) is 8.29. The van der Waals surface area contributed by atoms with E-state index in [1.165, 1.54) is 4.90 Å².